The van der Waals surface area contributed by atoms with Crippen LogP contribution in [0.25, 0.3) is 0 Å². The molecule has 4 nitrogen and oxygen atoms in total. The van der Waals surface area contributed by atoms with Crippen LogP contribution in [0.3, 0.4) is 0 Å². The number of nitrogens with two attached hydrogens (primary N) is 2. The highest BCUT2D eigenvalue weighted by Crippen LogP contribution is 2.10. The normalized spacial score (nSPS) is 10.4. The van der Waals surface area contributed by atoms with Crippen molar-refractivity contribution >= 4 is 24.0 Å². The second-order valence-corrected chi connectivity index (χ2v) is 4.77. The number of primary amides is 1. The van der Waals surface area contributed by atoms with Gasteiger partial charge < -0.3 is 11.5 Å². The molecule has 0 spiro atoms. The predicted molar refractivity (Wildman–Crippen MR) is 77.4 cm³/mol. The highest BCUT2D eigenvalue weighted by molar-refractivity contribution is 5.85. The van der Waals surface area contributed by atoms with Gasteiger partial charge in [-0.1, -0.05) is 26.0 Å². The average molecular weight is 272 g/mol. The molecule has 0 saturated carbocycles. The van der Waals surface area contributed by atoms with Gasteiger partial charge in [-0.25, -0.2) is 0 Å². The molecular formula is C13H22ClN3O. The summed E-state index contributed by atoms with van der Waals surface area (Å²) in [5.74, 6) is 0.199. The summed E-state index contributed by atoms with van der Waals surface area (Å²) in [4.78, 5) is 13.0. The zero-order chi connectivity index (χ0) is 12.8. The lowest BCUT2D eigenvalue weighted by Gasteiger charge is -2.22. The molecule has 0 aliphatic carbocycles. The summed E-state index contributed by atoms with van der Waals surface area (Å²) in [6, 6.07) is 7.70. The highest BCUT2D eigenvalue weighted by atomic mass is 35.5. The number of hydrogen-bond acceptors (Lipinski definition) is 3. The first-order chi connectivity index (χ1) is 7.97. The lowest BCUT2D eigenvalue weighted by Crippen LogP contribution is -2.35. The van der Waals surface area contributed by atoms with Crippen molar-refractivity contribution in [2.45, 2.75) is 20.4 Å². The molecule has 0 aliphatic rings. The number of rotatable bonds is 6. The van der Waals surface area contributed by atoms with Crippen LogP contribution in [0.5, 0.6) is 0 Å². The number of nitrogen functional groups attached to an aromatic ring is 1. The summed E-state index contributed by atoms with van der Waals surface area (Å²) in [6.45, 7) is 6.07. The average Bonchev–Trinajstić information content (AvgIpc) is 2.14. The Morgan fingerprint density at radius 2 is 2.06 bits per heavy atom. The van der Waals surface area contributed by atoms with Gasteiger partial charge in [0.2, 0.25) is 5.91 Å². The minimum absolute atomic E-state index is 0. The summed E-state index contributed by atoms with van der Waals surface area (Å²) in [5, 5.41) is 0. The van der Waals surface area contributed by atoms with E-state index in [0.717, 1.165) is 17.8 Å². The van der Waals surface area contributed by atoms with Crippen molar-refractivity contribution in [1.82, 2.24) is 4.90 Å². The first-order valence-electron chi connectivity index (χ1n) is 5.82. The maximum absolute atomic E-state index is 11.0. The maximum Gasteiger partial charge on any atom is 0.231 e. The predicted octanol–water partition coefficient (Wildman–Crippen LogP) is 1.63. The number of benzene rings is 1. The van der Waals surface area contributed by atoms with Crippen molar-refractivity contribution in [3.63, 3.8) is 0 Å². The van der Waals surface area contributed by atoms with Gasteiger partial charge in [0.15, 0.2) is 0 Å². The van der Waals surface area contributed by atoms with Crippen LogP contribution >= 0.6 is 12.4 Å². The molecule has 0 unspecified atom stereocenters. The van der Waals surface area contributed by atoms with E-state index in [1.54, 1.807) is 0 Å². The van der Waals surface area contributed by atoms with E-state index in [1.807, 2.05) is 29.2 Å². The highest BCUT2D eigenvalue weighted by Gasteiger charge is 2.10. The molecule has 0 aliphatic heterocycles. The fourth-order valence-corrected chi connectivity index (χ4v) is 1.87. The van der Waals surface area contributed by atoms with Crippen molar-refractivity contribution in [3.05, 3.63) is 29.8 Å². The van der Waals surface area contributed by atoms with E-state index in [-0.39, 0.29) is 24.9 Å². The van der Waals surface area contributed by atoms with Crippen LogP contribution in [-0.4, -0.2) is 23.9 Å². The van der Waals surface area contributed by atoms with E-state index in [2.05, 4.69) is 13.8 Å². The van der Waals surface area contributed by atoms with Gasteiger partial charge in [-0.3, -0.25) is 9.69 Å². The molecule has 1 aromatic rings. The van der Waals surface area contributed by atoms with Crippen LogP contribution in [-0.2, 0) is 11.3 Å². The minimum Gasteiger partial charge on any atom is -0.399 e. The van der Waals surface area contributed by atoms with Gasteiger partial charge in [0, 0.05) is 18.8 Å². The smallest absolute Gasteiger partial charge is 0.231 e. The molecule has 0 radical (unpaired) electrons. The summed E-state index contributed by atoms with van der Waals surface area (Å²) in [5.41, 5.74) is 12.8. The van der Waals surface area contributed by atoms with Crippen LogP contribution in [0.1, 0.15) is 19.4 Å². The third-order valence-corrected chi connectivity index (χ3v) is 2.36. The Hall–Kier alpha value is -1.26. The number of nitrogens with zero attached hydrogens (tertiary/aromatic N) is 1. The summed E-state index contributed by atoms with van der Waals surface area (Å²) < 4.78 is 0. The molecule has 5 heteroatoms. The van der Waals surface area contributed by atoms with Gasteiger partial charge in [-0.05, 0) is 23.6 Å². The van der Waals surface area contributed by atoms with Crippen molar-refractivity contribution in [2.75, 3.05) is 18.8 Å². The number of amides is 1. The van der Waals surface area contributed by atoms with Crippen molar-refractivity contribution in [1.29, 1.82) is 0 Å². The van der Waals surface area contributed by atoms with Crippen molar-refractivity contribution in [3.8, 4) is 0 Å². The first kappa shape index (κ1) is 16.7. The number of carbonyl (C=O) groups excluding carboxylic acids is 1. The lowest BCUT2D eigenvalue weighted by molar-refractivity contribution is -0.119. The third-order valence-electron chi connectivity index (χ3n) is 2.36. The van der Waals surface area contributed by atoms with Crippen molar-refractivity contribution < 1.29 is 4.79 Å². The Morgan fingerprint density at radius 1 is 1.39 bits per heavy atom. The van der Waals surface area contributed by atoms with Crippen LogP contribution in [0.15, 0.2) is 24.3 Å². The molecule has 102 valence electrons. The monoisotopic (exact) mass is 271 g/mol. The standard InChI is InChI=1S/C13H21N3O.ClH/c1-10(2)7-16(9-13(15)17)8-11-4-3-5-12(14)6-11;/h3-6,10H,7-9,14H2,1-2H3,(H2,15,17);1H. The van der Waals surface area contributed by atoms with Gasteiger partial charge in [0.25, 0.3) is 0 Å². The van der Waals surface area contributed by atoms with Crippen molar-refractivity contribution in [2.24, 2.45) is 11.7 Å². The number of hydrogen-bond donors (Lipinski definition) is 2. The summed E-state index contributed by atoms with van der Waals surface area (Å²) in [7, 11) is 0. The summed E-state index contributed by atoms with van der Waals surface area (Å²) >= 11 is 0. The summed E-state index contributed by atoms with van der Waals surface area (Å²) in [6.07, 6.45) is 0. The Bertz CT molecular complexity index is 382. The van der Waals surface area contributed by atoms with E-state index in [1.165, 1.54) is 0 Å². The van der Waals surface area contributed by atoms with E-state index in [9.17, 15) is 4.79 Å². The topological polar surface area (TPSA) is 72.3 Å². The lowest BCUT2D eigenvalue weighted by atomic mass is 10.1. The number of anilines is 1. The number of halogens is 1. The van der Waals surface area contributed by atoms with Crippen LogP contribution in [0, 0.1) is 5.92 Å². The quantitative estimate of drug-likeness (QED) is 0.773. The molecule has 1 aromatic carbocycles. The van der Waals surface area contributed by atoms with E-state index in [4.69, 9.17) is 11.5 Å². The Labute approximate surface area is 115 Å². The zero-order valence-corrected chi connectivity index (χ0v) is 11.7. The Balaban J connectivity index is 0.00000289. The van der Waals surface area contributed by atoms with Gasteiger partial charge in [-0.15, -0.1) is 12.4 Å². The second kappa shape index (κ2) is 7.95. The fourth-order valence-electron chi connectivity index (χ4n) is 1.87. The molecular weight excluding hydrogens is 250 g/mol. The molecule has 1 amide bonds. The molecule has 0 fully saturated rings. The molecule has 0 heterocycles. The Kier molecular flexibility index (Phi) is 7.39. The second-order valence-electron chi connectivity index (χ2n) is 4.77. The molecule has 0 atom stereocenters. The molecule has 0 aromatic heterocycles. The Morgan fingerprint density at radius 3 is 2.56 bits per heavy atom. The molecule has 0 bridgehead atoms. The van der Waals surface area contributed by atoms with Gasteiger partial charge >= 0.3 is 0 Å². The number of carbonyl (C=O) groups is 1. The third kappa shape index (κ3) is 6.47. The van der Waals surface area contributed by atoms with E-state index < -0.39 is 0 Å². The first-order valence-corrected chi connectivity index (χ1v) is 5.82. The van der Waals surface area contributed by atoms with E-state index in [0.29, 0.717) is 12.5 Å². The largest absolute Gasteiger partial charge is 0.399 e. The maximum atomic E-state index is 11.0. The van der Waals surface area contributed by atoms with E-state index >= 15 is 0 Å². The molecule has 4 N–H and O–H groups in total. The molecule has 0 saturated heterocycles. The molecule has 18 heavy (non-hydrogen) atoms. The van der Waals surface area contributed by atoms with Crippen LogP contribution < -0.4 is 11.5 Å². The van der Waals surface area contributed by atoms with Gasteiger partial charge in [0.05, 0.1) is 6.54 Å². The van der Waals surface area contributed by atoms with Gasteiger partial charge in [0.1, 0.15) is 0 Å². The SMILES string of the molecule is CC(C)CN(CC(N)=O)Cc1cccc(N)c1.Cl. The zero-order valence-electron chi connectivity index (χ0n) is 10.9. The fraction of sp³-hybridized carbons (Fsp3) is 0.462. The van der Waals surface area contributed by atoms with Crippen LogP contribution in [0.2, 0.25) is 0 Å². The van der Waals surface area contributed by atoms with Crippen LogP contribution in [0.4, 0.5) is 5.69 Å². The minimum atomic E-state index is -0.297. The molecule has 1 rings (SSSR count). The van der Waals surface area contributed by atoms with Gasteiger partial charge in [-0.2, -0.15) is 0 Å².